The Bertz CT molecular complexity index is 4330. The van der Waals surface area contributed by atoms with Crippen molar-refractivity contribution in [2.45, 2.75) is 0 Å². The van der Waals surface area contributed by atoms with Crippen LogP contribution in [-0.2, 0) is 0 Å². The van der Waals surface area contributed by atoms with Crippen molar-refractivity contribution in [2.24, 2.45) is 0 Å². The van der Waals surface area contributed by atoms with Crippen LogP contribution in [0.5, 0.6) is 0 Å². The van der Waals surface area contributed by atoms with Crippen molar-refractivity contribution in [3.05, 3.63) is 194 Å². The van der Waals surface area contributed by atoms with Crippen molar-refractivity contribution in [3.63, 3.8) is 0 Å². The molecule has 0 radical (unpaired) electrons. The Balaban J connectivity index is 1.00. The van der Waals surface area contributed by atoms with E-state index in [2.05, 4.69) is 191 Å². The molecule has 0 aliphatic rings. The fourth-order valence-electron chi connectivity index (χ4n) is 10.8. The van der Waals surface area contributed by atoms with Crippen LogP contribution in [0.4, 0.5) is 0 Å². The van der Waals surface area contributed by atoms with Crippen LogP contribution in [0.1, 0.15) is 0 Å². The maximum atomic E-state index is 6.69. The maximum Gasteiger partial charge on any atom is 0.180 e. The summed E-state index contributed by atoms with van der Waals surface area (Å²) in [5.41, 5.74) is 11.8. The topological polar surface area (TPSA) is 48.8 Å². The highest BCUT2D eigenvalue weighted by atomic mass is 32.1. The summed E-state index contributed by atoms with van der Waals surface area (Å²) in [4.78, 5) is 10.9. The fourth-order valence-corrected chi connectivity index (χ4v) is 12.0. The molecule has 0 fully saturated rings. The van der Waals surface area contributed by atoms with Crippen LogP contribution in [0.3, 0.4) is 0 Å². The normalized spacial score (nSPS) is 12.4. The van der Waals surface area contributed by atoms with Gasteiger partial charge in [-0.25, -0.2) is 9.97 Å². The van der Waals surface area contributed by atoms with Crippen LogP contribution in [0.25, 0.3) is 141 Å². The molecule has 0 amide bonds. The van der Waals surface area contributed by atoms with Gasteiger partial charge in [-0.3, -0.25) is 0 Å². The van der Waals surface area contributed by atoms with E-state index in [1.165, 1.54) is 63.5 Å². The van der Waals surface area contributed by atoms with Gasteiger partial charge >= 0.3 is 0 Å². The molecule has 64 heavy (non-hydrogen) atoms. The number of fused-ring (bicyclic) bond motifs is 7. The van der Waals surface area contributed by atoms with Crippen LogP contribution in [0.15, 0.2) is 199 Å². The quantitative estimate of drug-likeness (QED) is 0.177. The van der Waals surface area contributed by atoms with Gasteiger partial charge in [0.1, 0.15) is 16.8 Å². The first-order valence-corrected chi connectivity index (χ1v) is 22.5. The van der Waals surface area contributed by atoms with Gasteiger partial charge in [0.2, 0.25) is 0 Å². The van der Waals surface area contributed by atoms with Crippen molar-refractivity contribution in [1.29, 1.82) is 0 Å². The number of furan rings is 1. The lowest BCUT2D eigenvalue weighted by molar-refractivity contribution is 0.667. The van der Waals surface area contributed by atoms with Gasteiger partial charge in [0.25, 0.3) is 0 Å². The summed E-state index contributed by atoms with van der Waals surface area (Å²) in [5.74, 6) is 0.653. The minimum atomic E-state index is 0.653. The van der Waals surface area contributed by atoms with Crippen molar-refractivity contribution < 1.29 is 4.42 Å². The van der Waals surface area contributed by atoms with E-state index in [-0.39, 0.29) is 0 Å². The summed E-state index contributed by atoms with van der Waals surface area (Å²) in [5, 5.41) is 13.4. The Labute approximate surface area is 368 Å². The summed E-state index contributed by atoms with van der Waals surface area (Å²) >= 11 is 1.89. The molecule has 0 N–H and O–H groups in total. The average Bonchev–Trinajstić information content (AvgIpc) is 3.98. The van der Waals surface area contributed by atoms with Crippen molar-refractivity contribution in [3.8, 4) is 34.0 Å². The molecule has 0 saturated heterocycles. The highest BCUT2D eigenvalue weighted by Crippen LogP contribution is 2.48. The Morgan fingerprint density at radius 3 is 1.84 bits per heavy atom. The summed E-state index contributed by atoms with van der Waals surface area (Å²) in [6.07, 6.45) is 0. The second kappa shape index (κ2) is 12.6. The van der Waals surface area contributed by atoms with Crippen LogP contribution in [0.2, 0.25) is 0 Å². The molecule has 5 nitrogen and oxygen atoms in total. The van der Waals surface area contributed by atoms with E-state index in [1.807, 2.05) is 23.5 Å². The van der Waals surface area contributed by atoms with E-state index < -0.39 is 0 Å². The minimum Gasteiger partial charge on any atom is -0.452 e. The molecule has 0 aliphatic carbocycles. The Hall–Kier alpha value is -8.32. The zero-order valence-electron chi connectivity index (χ0n) is 34.1. The number of aromatic nitrogens is 4. The number of hydrogen-bond donors (Lipinski definition) is 0. The van der Waals surface area contributed by atoms with Gasteiger partial charge in [-0.2, -0.15) is 0 Å². The van der Waals surface area contributed by atoms with Gasteiger partial charge in [-0.05, 0) is 89.0 Å². The largest absolute Gasteiger partial charge is 0.452 e. The first-order chi connectivity index (χ1) is 31.7. The molecule has 0 spiro atoms. The lowest BCUT2D eigenvalue weighted by atomic mass is 10.00. The predicted octanol–water partition coefficient (Wildman–Crippen LogP) is 16.0. The molecule has 5 aromatic heterocycles. The molecule has 6 heteroatoms. The van der Waals surface area contributed by atoms with Gasteiger partial charge in [-0.15, -0.1) is 11.3 Å². The molecule has 0 saturated carbocycles. The zero-order valence-corrected chi connectivity index (χ0v) is 34.9. The molecule has 0 atom stereocenters. The third kappa shape index (κ3) is 4.56. The summed E-state index contributed by atoms with van der Waals surface area (Å²) in [6.45, 7) is 0. The third-order valence-corrected chi connectivity index (χ3v) is 14.6. The molecule has 15 aromatic rings. The number of benzene rings is 10. The minimum absolute atomic E-state index is 0.653. The highest BCUT2D eigenvalue weighted by molar-refractivity contribution is 7.24. The number of hydrogen-bond acceptors (Lipinski definition) is 4. The number of para-hydroxylation sites is 3. The smallest absolute Gasteiger partial charge is 0.180 e. The number of rotatable bonds is 4. The molecule has 15 rings (SSSR count). The van der Waals surface area contributed by atoms with Crippen molar-refractivity contribution in [1.82, 2.24) is 19.1 Å². The highest BCUT2D eigenvalue weighted by Gasteiger charge is 2.24. The summed E-state index contributed by atoms with van der Waals surface area (Å²) in [6, 6.07) is 69.9. The van der Waals surface area contributed by atoms with Gasteiger partial charge in [0.05, 0.1) is 27.8 Å². The zero-order chi connectivity index (χ0) is 41.6. The SMILES string of the molecule is c1ccc(-n2c3ccccc3c3ccc(-c4nc(-c5ccc(-n6c7ccc8cccc9sc%10cccc%11ccc6c(c%11%10)c7c89)c6ccccc56)nc5c4oc4ccccc45)cc32)cc1. The molecular weight excluding hydrogens is 801 g/mol. The summed E-state index contributed by atoms with van der Waals surface area (Å²) < 4.78 is 14.1. The van der Waals surface area contributed by atoms with Gasteiger partial charge in [0, 0.05) is 69.3 Å². The Morgan fingerprint density at radius 2 is 1.08 bits per heavy atom. The van der Waals surface area contributed by atoms with E-state index in [1.54, 1.807) is 0 Å². The maximum absolute atomic E-state index is 6.69. The second-order valence-electron chi connectivity index (χ2n) is 16.8. The average molecular weight is 833 g/mol. The molecule has 5 heterocycles. The lowest BCUT2D eigenvalue weighted by Gasteiger charge is -2.15. The van der Waals surface area contributed by atoms with Crippen molar-refractivity contribution in [2.75, 3.05) is 0 Å². The van der Waals surface area contributed by atoms with Crippen LogP contribution < -0.4 is 0 Å². The van der Waals surface area contributed by atoms with Crippen LogP contribution in [0, 0.1) is 0 Å². The van der Waals surface area contributed by atoms with E-state index in [0.29, 0.717) is 11.4 Å². The van der Waals surface area contributed by atoms with E-state index in [4.69, 9.17) is 14.4 Å². The van der Waals surface area contributed by atoms with Gasteiger partial charge in [-0.1, -0.05) is 121 Å². The Kier molecular flexibility index (Phi) is 6.77. The first-order valence-electron chi connectivity index (χ1n) is 21.7. The summed E-state index contributed by atoms with van der Waals surface area (Å²) in [7, 11) is 0. The third-order valence-electron chi connectivity index (χ3n) is 13.5. The van der Waals surface area contributed by atoms with E-state index in [9.17, 15) is 0 Å². The molecule has 10 aromatic carbocycles. The molecular formula is C58H32N4OS. The molecule has 0 unspecified atom stereocenters. The monoisotopic (exact) mass is 832 g/mol. The predicted molar refractivity (Wildman–Crippen MR) is 268 cm³/mol. The van der Waals surface area contributed by atoms with E-state index >= 15 is 0 Å². The van der Waals surface area contributed by atoms with Gasteiger partial charge < -0.3 is 13.6 Å². The number of nitrogens with zero attached hydrogens (tertiary/aromatic N) is 4. The fraction of sp³-hybridized carbons (Fsp3) is 0. The van der Waals surface area contributed by atoms with Crippen molar-refractivity contribution >= 4 is 119 Å². The van der Waals surface area contributed by atoms with Crippen LogP contribution >= 0.6 is 11.3 Å². The molecule has 0 aliphatic heterocycles. The lowest BCUT2D eigenvalue weighted by Crippen LogP contribution is -1.99. The second-order valence-corrected chi connectivity index (χ2v) is 17.9. The Morgan fingerprint density at radius 1 is 0.422 bits per heavy atom. The van der Waals surface area contributed by atoms with Crippen LogP contribution in [-0.4, -0.2) is 19.1 Å². The standard InChI is InChI=1S/C58H32N4OS/c1-2-14-36(15-3-1)61-43-20-8-6-18-39(43)40-27-24-35(32-47(40)61)55-57-56(42-19-7-9-21-48(42)63-57)60-58(59-55)41-28-31-44(38-17-5-4-16-37(38)41)62-45-29-25-33-12-10-22-49-51(33)53(45)54-46(62)30-26-34-13-11-23-50(64-49)52(34)54/h1-32H. The molecule has 0 bridgehead atoms. The molecule has 296 valence electrons. The van der Waals surface area contributed by atoms with Gasteiger partial charge in [0.15, 0.2) is 11.4 Å². The van der Waals surface area contributed by atoms with E-state index in [0.717, 1.165) is 66.5 Å². The first kappa shape index (κ1) is 34.3.